The highest BCUT2D eigenvalue weighted by Gasteiger charge is 2.38. The van der Waals surface area contributed by atoms with Crippen molar-refractivity contribution < 1.29 is 13.2 Å². The molecule has 1 aliphatic rings. The molecule has 0 aromatic heterocycles. The quantitative estimate of drug-likeness (QED) is 0.863. The Balaban J connectivity index is 2.29. The van der Waals surface area contributed by atoms with Crippen molar-refractivity contribution in [2.24, 2.45) is 5.73 Å². The number of nitrogens with two attached hydrogens (primary N) is 1. The van der Waals surface area contributed by atoms with Gasteiger partial charge in [0, 0.05) is 17.3 Å². The molecule has 1 aromatic rings. The molecule has 0 aliphatic heterocycles. The molecule has 2 N–H and O–H groups in total. The van der Waals surface area contributed by atoms with Gasteiger partial charge in [0.15, 0.2) is 0 Å². The van der Waals surface area contributed by atoms with Crippen molar-refractivity contribution in [1.82, 2.24) is 0 Å². The normalized spacial score (nSPS) is 15.4. The van der Waals surface area contributed by atoms with Gasteiger partial charge in [0.2, 0.25) is 0 Å². The van der Waals surface area contributed by atoms with Gasteiger partial charge < -0.3 is 10.6 Å². The minimum atomic E-state index is -4.20. The van der Waals surface area contributed by atoms with Gasteiger partial charge in [-0.2, -0.15) is 13.2 Å². The number of rotatable bonds is 4. The number of nitrogens with zero attached hydrogens (tertiary/aromatic N) is 1. The first-order valence-electron chi connectivity index (χ1n) is 6.02. The maximum atomic E-state index is 12.6. The summed E-state index contributed by atoms with van der Waals surface area (Å²) in [5.74, 6) is 0. The van der Waals surface area contributed by atoms with Gasteiger partial charge >= 0.3 is 6.18 Å². The lowest BCUT2D eigenvalue weighted by atomic mass is 10.1. The molecule has 0 radical (unpaired) electrons. The first kappa shape index (κ1) is 14.1. The molecule has 1 fully saturated rings. The fourth-order valence-electron chi connectivity index (χ4n) is 2.12. The van der Waals surface area contributed by atoms with Crippen molar-refractivity contribution in [3.05, 3.63) is 29.3 Å². The number of alkyl halides is 3. The first-order valence-corrected chi connectivity index (χ1v) is 6.42. The summed E-state index contributed by atoms with van der Waals surface area (Å²) in [5, 5.41) is 0. The lowest BCUT2D eigenvalue weighted by molar-refractivity contribution is -0.120. The highest BCUT2D eigenvalue weighted by Crippen LogP contribution is 2.36. The highest BCUT2D eigenvalue weighted by atomic mass is 32.1. The lowest BCUT2D eigenvalue weighted by Gasteiger charge is -2.27. The summed E-state index contributed by atoms with van der Waals surface area (Å²) in [6.45, 7) is 0.869. The van der Waals surface area contributed by atoms with E-state index in [9.17, 15) is 13.2 Å². The average Bonchev–Trinajstić information content (AvgIpc) is 3.08. The SMILES string of the molecule is Cc1cc(C(N)=S)ccc1N(CC(F)(F)F)C1CC1. The minimum Gasteiger partial charge on any atom is -0.389 e. The predicted octanol–water partition coefficient (Wildman–Crippen LogP) is 3.16. The Morgan fingerprint density at radius 3 is 2.47 bits per heavy atom. The second kappa shape index (κ2) is 5.00. The predicted molar refractivity (Wildman–Crippen MR) is 73.5 cm³/mol. The van der Waals surface area contributed by atoms with Crippen molar-refractivity contribution in [3.63, 3.8) is 0 Å². The van der Waals surface area contributed by atoms with E-state index in [2.05, 4.69) is 0 Å². The van der Waals surface area contributed by atoms with Gasteiger partial charge in [-0.3, -0.25) is 0 Å². The molecule has 1 aromatic carbocycles. The minimum absolute atomic E-state index is 0.00370. The third-order valence-corrected chi connectivity index (χ3v) is 3.36. The molecule has 1 aliphatic carbocycles. The van der Waals surface area contributed by atoms with E-state index >= 15 is 0 Å². The van der Waals surface area contributed by atoms with Crippen molar-refractivity contribution in [2.45, 2.75) is 32.0 Å². The summed E-state index contributed by atoms with van der Waals surface area (Å²) in [4.78, 5) is 1.68. The Kier molecular flexibility index (Phi) is 3.71. The van der Waals surface area contributed by atoms with Gasteiger partial charge in [-0.05, 0) is 43.5 Å². The molecule has 0 atom stereocenters. The van der Waals surface area contributed by atoms with Gasteiger partial charge in [-0.1, -0.05) is 12.2 Å². The fraction of sp³-hybridized carbons (Fsp3) is 0.462. The Bertz CT molecular complexity index is 495. The molecule has 6 heteroatoms. The zero-order valence-corrected chi connectivity index (χ0v) is 11.3. The molecular weight excluding hydrogens is 273 g/mol. The van der Waals surface area contributed by atoms with Crippen LogP contribution in [0.3, 0.4) is 0 Å². The van der Waals surface area contributed by atoms with E-state index < -0.39 is 12.7 Å². The summed E-state index contributed by atoms with van der Waals surface area (Å²) in [6.07, 6.45) is -2.57. The van der Waals surface area contributed by atoms with Crippen LogP contribution in [0.1, 0.15) is 24.0 Å². The molecule has 0 amide bonds. The summed E-state index contributed by atoms with van der Waals surface area (Å²) < 4.78 is 37.9. The second-order valence-electron chi connectivity index (χ2n) is 4.84. The number of aryl methyl sites for hydroxylation is 1. The zero-order chi connectivity index (χ0) is 14.2. The van der Waals surface area contributed by atoms with Gasteiger partial charge in [-0.15, -0.1) is 0 Å². The Labute approximate surface area is 115 Å². The van der Waals surface area contributed by atoms with Crippen LogP contribution in [-0.2, 0) is 0 Å². The summed E-state index contributed by atoms with van der Waals surface area (Å²) in [7, 11) is 0. The van der Waals surface area contributed by atoms with Crippen LogP contribution in [0.25, 0.3) is 0 Å². The Morgan fingerprint density at radius 2 is 2.05 bits per heavy atom. The third-order valence-electron chi connectivity index (χ3n) is 3.13. The molecule has 19 heavy (non-hydrogen) atoms. The topological polar surface area (TPSA) is 29.3 Å². The average molecular weight is 288 g/mol. The van der Waals surface area contributed by atoms with E-state index in [1.807, 2.05) is 0 Å². The number of hydrogen-bond donors (Lipinski definition) is 1. The zero-order valence-electron chi connectivity index (χ0n) is 10.5. The summed E-state index contributed by atoms with van der Waals surface area (Å²) in [5.41, 5.74) is 7.58. The molecular formula is C13H15F3N2S. The van der Waals surface area contributed by atoms with Crippen LogP contribution in [0.4, 0.5) is 18.9 Å². The van der Waals surface area contributed by atoms with Crippen molar-refractivity contribution >= 4 is 22.9 Å². The van der Waals surface area contributed by atoms with Crippen molar-refractivity contribution in [1.29, 1.82) is 0 Å². The van der Waals surface area contributed by atoms with Gasteiger partial charge in [0.25, 0.3) is 0 Å². The number of hydrogen-bond acceptors (Lipinski definition) is 2. The van der Waals surface area contributed by atoms with Crippen LogP contribution in [-0.4, -0.2) is 23.8 Å². The highest BCUT2D eigenvalue weighted by molar-refractivity contribution is 7.80. The van der Waals surface area contributed by atoms with E-state index in [-0.39, 0.29) is 11.0 Å². The molecule has 104 valence electrons. The number of halogens is 3. The van der Waals surface area contributed by atoms with Crippen LogP contribution in [0, 0.1) is 6.92 Å². The van der Waals surface area contributed by atoms with E-state index in [1.54, 1.807) is 25.1 Å². The van der Waals surface area contributed by atoms with Crippen molar-refractivity contribution in [2.75, 3.05) is 11.4 Å². The van der Waals surface area contributed by atoms with Gasteiger partial charge in [0.05, 0.1) is 0 Å². The molecule has 0 bridgehead atoms. The van der Waals surface area contributed by atoms with E-state index in [0.29, 0.717) is 11.3 Å². The monoisotopic (exact) mass is 288 g/mol. The molecule has 0 unspecified atom stereocenters. The molecule has 0 spiro atoms. The fourth-order valence-corrected chi connectivity index (χ4v) is 2.25. The van der Waals surface area contributed by atoms with Crippen LogP contribution in [0.15, 0.2) is 18.2 Å². The van der Waals surface area contributed by atoms with Gasteiger partial charge in [0.1, 0.15) is 11.5 Å². The molecule has 2 nitrogen and oxygen atoms in total. The summed E-state index contributed by atoms with van der Waals surface area (Å²) >= 11 is 4.87. The smallest absolute Gasteiger partial charge is 0.389 e. The third kappa shape index (κ3) is 3.59. The number of anilines is 1. The van der Waals surface area contributed by atoms with E-state index in [4.69, 9.17) is 18.0 Å². The van der Waals surface area contributed by atoms with Crippen LogP contribution in [0.5, 0.6) is 0 Å². The molecule has 2 rings (SSSR count). The van der Waals surface area contributed by atoms with E-state index in [0.717, 1.165) is 18.4 Å². The lowest BCUT2D eigenvalue weighted by Crippen LogP contribution is -2.36. The maximum Gasteiger partial charge on any atom is 0.405 e. The molecule has 0 saturated heterocycles. The standard InChI is InChI=1S/C13H15F3N2S/c1-8-6-9(12(17)19)2-5-11(8)18(10-3-4-10)7-13(14,15)16/h2,5-6,10H,3-4,7H2,1H3,(H2,17,19). The maximum absolute atomic E-state index is 12.6. The van der Waals surface area contributed by atoms with Crippen LogP contribution >= 0.6 is 12.2 Å². The van der Waals surface area contributed by atoms with Crippen LogP contribution < -0.4 is 10.6 Å². The van der Waals surface area contributed by atoms with Crippen molar-refractivity contribution in [3.8, 4) is 0 Å². The first-order chi connectivity index (χ1) is 8.78. The summed E-state index contributed by atoms with van der Waals surface area (Å²) in [6, 6.07) is 5.09. The Hall–Kier alpha value is -1.30. The number of benzene rings is 1. The molecule has 0 heterocycles. The van der Waals surface area contributed by atoms with Gasteiger partial charge in [-0.25, -0.2) is 0 Å². The van der Waals surface area contributed by atoms with Crippen LogP contribution in [0.2, 0.25) is 0 Å². The van der Waals surface area contributed by atoms with E-state index in [1.165, 1.54) is 4.90 Å². The second-order valence-corrected chi connectivity index (χ2v) is 5.28. The Morgan fingerprint density at radius 1 is 1.42 bits per heavy atom. The largest absolute Gasteiger partial charge is 0.405 e. The molecule has 1 saturated carbocycles. The number of thiocarbonyl (C=S) groups is 1.